The first-order valence-electron chi connectivity index (χ1n) is 9.20. The van der Waals surface area contributed by atoms with Crippen LogP contribution in [0.1, 0.15) is 90.4 Å². The van der Waals surface area contributed by atoms with E-state index < -0.39 is 6.04 Å². The lowest BCUT2D eigenvalue weighted by atomic mass is 10.1. The normalized spacial score (nSPS) is 12.7. The van der Waals surface area contributed by atoms with Gasteiger partial charge in [-0.3, -0.25) is 4.79 Å². The van der Waals surface area contributed by atoms with Crippen LogP contribution in [0, 0.1) is 0 Å². The number of nitrogens with two attached hydrogens (primary N) is 1. The Labute approximate surface area is 137 Å². The number of methoxy groups -OCH3 is 1. The van der Waals surface area contributed by atoms with Crippen LogP contribution < -0.4 is 5.73 Å². The summed E-state index contributed by atoms with van der Waals surface area (Å²) < 4.78 is 4.61. The van der Waals surface area contributed by atoms with Crippen LogP contribution in [0.5, 0.6) is 0 Å². The van der Waals surface area contributed by atoms with E-state index in [1.807, 2.05) is 0 Å². The molecule has 0 aromatic carbocycles. The number of esters is 1. The van der Waals surface area contributed by atoms with E-state index in [0.717, 1.165) is 19.3 Å². The maximum Gasteiger partial charge on any atom is 0.322 e. The summed E-state index contributed by atoms with van der Waals surface area (Å²) in [6.45, 7) is 2.26. The third-order valence-electron chi connectivity index (χ3n) is 4.03. The van der Waals surface area contributed by atoms with E-state index in [0.29, 0.717) is 0 Å². The van der Waals surface area contributed by atoms with Gasteiger partial charge in [0.1, 0.15) is 6.04 Å². The molecule has 3 nitrogen and oxygen atoms in total. The highest BCUT2D eigenvalue weighted by molar-refractivity contribution is 5.75. The lowest BCUT2D eigenvalue weighted by molar-refractivity contribution is -0.142. The Kier molecular flexibility index (Phi) is 15.9. The summed E-state index contributed by atoms with van der Waals surface area (Å²) in [5.74, 6) is -0.294. The molecule has 0 heterocycles. The quantitative estimate of drug-likeness (QED) is 0.259. The van der Waals surface area contributed by atoms with Crippen LogP contribution in [0.15, 0.2) is 12.2 Å². The van der Waals surface area contributed by atoms with Gasteiger partial charge in [0, 0.05) is 0 Å². The Hall–Kier alpha value is -0.830. The zero-order chi connectivity index (χ0) is 16.5. The molecule has 0 bridgehead atoms. The lowest BCUT2D eigenvalue weighted by Crippen LogP contribution is -2.31. The number of unbranched alkanes of at least 4 members (excludes halogenated alkanes) is 10. The standard InChI is InChI=1S/C19H37NO2/c1-3-4-5-6-7-8-9-10-11-12-13-14-15-16-17-18(20)19(21)22-2/h10-11,18H,3-9,12-17,20H2,1-2H3/b11-10-. The summed E-state index contributed by atoms with van der Waals surface area (Å²) in [7, 11) is 1.39. The highest BCUT2D eigenvalue weighted by Gasteiger charge is 2.12. The van der Waals surface area contributed by atoms with E-state index in [1.165, 1.54) is 71.3 Å². The van der Waals surface area contributed by atoms with Gasteiger partial charge in [0.2, 0.25) is 0 Å². The van der Waals surface area contributed by atoms with E-state index in [2.05, 4.69) is 23.8 Å². The van der Waals surface area contributed by atoms with Crippen molar-refractivity contribution in [2.24, 2.45) is 5.73 Å². The van der Waals surface area contributed by atoms with Crippen molar-refractivity contribution < 1.29 is 9.53 Å². The molecule has 1 atom stereocenters. The first-order valence-corrected chi connectivity index (χ1v) is 9.20. The van der Waals surface area contributed by atoms with Crippen LogP contribution in [-0.2, 0) is 9.53 Å². The predicted molar refractivity (Wildman–Crippen MR) is 94.8 cm³/mol. The molecule has 0 aliphatic heterocycles. The number of hydrogen-bond acceptors (Lipinski definition) is 3. The second-order valence-corrected chi connectivity index (χ2v) is 6.15. The average molecular weight is 312 g/mol. The first-order chi connectivity index (χ1) is 10.7. The third kappa shape index (κ3) is 14.1. The van der Waals surface area contributed by atoms with Gasteiger partial charge in [0.25, 0.3) is 0 Å². The van der Waals surface area contributed by atoms with E-state index in [1.54, 1.807) is 0 Å². The van der Waals surface area contributed by atoms with Gasteiger partial charge in [-0.15, -0.1) is 0 Å². The van der Waals surface area contributed by atoms with Crippen molar-refractivity contribution in [1.29, 1.82) is 0 Å². The maximum atomic E-state index is 11.1. The fourth-order valence-electron chi connectivity index (χ4n) is 2.53. The molecule has 0 saturated heterocycles. The molecule has 1 unspecified atom stereocenters. The SMILES string of the molecule is CCCCCCCC/C=C\CCCCCCC(N)C(=O)OC. The molecule has 3 heteroatoms. The van der Waals surface area contributed by atoms with Gasteiger partial charge >= 0.3 is 5.97 Å². The summed E-state index contributed by atoms with van der Waals surface area (Å²) in [5, 5.41) is 0. The van der Waals surface area contributed by atoms with Crippen molar-refractivity contribution in [2.45, 2.75) is 96.4 Å². The van der Waals surface area contributed by atoms with Gasteiger partial charge in [-0.1, -0.05) is 70.4 Å². The minimum absolute atomic E-state index is 0.294. The van der Waals surface area contributed by atoms with Crippen molar-refractivity contribution in [3.05, 3.63) is 12.2 Å². The summed E-state index contributed by atoms with van der Waals surface area (Å²) in [4.78, 5) is 11.1. The molecule has 0 radical (unpaired) electrons. The van der Waals surface area contributed by atoms with Gasteiger partial charge in [0.05, 0.1) is 7.11 Å². The summed E-state index contributed by atoms with van der Waals surface area (Å²) in [6.07, 6.45) is 20.7. The molecule has 0 rings (SSSR count). The van der Waals surface area contributed by atoms with Gasteiger partial charge in [0.15, 0.2) is 0 Å². The van der Waals surface area contributed by atoms with Crippen molar-refractivity contribution in [2.75, 3.05) is 7.11 Å². The maximum absolute atomic E-state index is 11.1. The van der Waals surface area contributed by atoms with E-state index in [4.69, 9.17) is 5.73 Å². The van der Waals surface area contributed by atoms with Crippen LogP contribution in [0.2, 0.25) is 0 Å². The molecule has 0 amide bonds. The van der Waals surface area contributed by atoms with Gasteiger partial charge in [-0.05, 0) is 32.1 Å². The number of ether oxygens (including phenoxy) is 1. The summed E-state index contributed by atoms with van der Waals surface area (Å²) in [6, 6.07) is -0.442. The van der Waals surface area contributed by atoms with Crippen molar-refractivity contribution in [3.8, 4) is 0 Å². The number of allylic oxidation sites excluding steroid dienone is 2. The first kappa shape index (κ1) is 21.2. The molecular weight excluding hydrogens is 274 g/mol. The highest BCUT2D eigenvalue weighted by Crippen LogP contribution is 2.09. The monoisotopic (exact) mass is 311 g/mol. The molecule has 0 saturated carbocycles. The second-order valence-electron chi connectivity index (χ2n) is 6.15. The molecule has 2 N–H and O–H groups in total. The number of rotatable bonds is 15. The van der Waals surface area contributed by atoms with E-state index >= 15 is 0 Å². The minimum atomic E-state index is -0.442. The summed E-state index contributed by atoms with van der Waals surface area (Å²) >= 11 is 0. The Morgan fingerprint density at radius 2 is 1.41 bits per heavy atom. The van der Waals surface area contributed by atoms with Crippen LogP contribution in [0.4, 0.5) is 0 Å². The number of carbonyl (C=O) groups excluding carboxylic acids is 1. The van der Waals surface area contributed by atoms with Crippen LogP contribution >= 0.6 is 0 Å². The lowest BCUT2D eigenvalue weighted by Gasteiger charge is -2.08. The van der Waals surface area contributed by atoms with Crippen molar-refractivity contribution in [3.63, 3.8) is 0 Å². The Morgan fingerprint density at radius 3 is 1.95 bits per heavy atom. The largest absolute Gasteiger partial charge is 0.468 e. The molecule has 0 aliphatic carbocycles. The molecule has 0 aromatic heterocycles. The van der Waals surface area contributed by atoms with Gasteiger partial charge in [-0.25, -0.2) is 0 Å². The summed E-state index contributed by atoms with van der Waals surface area (Å²) in [5.41, 5.74) is 5.69. The molecular formula is C19H37NO2. The topological polar surface area (TPSA) is 52.3 Å². The number of hydrogen-bond donors (Lipinski definition) is 1. The highest BCUT2D eigenvalue weighted by atomic mass is 16.5. The zero-order valence-electron chi connectivity index (χ0n) is 14.8. The van der Waals surface area contributed by atoms with Crippen molar-refractivity contribution >= 4 is 5.97 Å². The Bertz CT molecular complexity index is 277. The average Bonchev–Trinajstić information content (AvgIpc) is 2.54. The Morgan fingerprint density at radius 1 is 0.909 bits per heavy atom. The minimum Gasteiger partial charge on any atom is -0.468 e. The van der Waals surface area contributed by atoms with E-state index in [9.17, 15) is 4.79 Å². The molecule has 130 valence electrons. The molecule has 0 aliphatic rings. The second kappa shape index (κ2) is 16.5. The molecule has 0 spiro atoms. The van der Waals surface area contributed by atoms with Crippen LogP contribution in [-0.4, -0.2) is 19.1 Å². The zero-order valence-corrected chi connectivity index (χ0v) is 14.8. The fourth-order valence-corrected chi connectivity index (χ4v) is 2.53. The third-order valence-corrected chi connectivity index (χ3v) is 4.03. The smallest absolute Gasteiger partial charge is 0.322 e. The predicted octanol–water partition coefficient (Wildman–Crippen LogP) is 5.13. The van der Waals surface area contributed by atoms with Gasteiger partial charge < -0.3 is 10.5 Å². The van der Waals surface area contributed by atoms with Crippen LogP contribution in [0.25, 0.3) is 0 Å². The van der Waals surface area contributed by atoms with Crippen LogP contribution in [0.3, 0.4) is 0 Å². The Balaban J connectivity index is 3.22. The fraction of sp³-hybridized carbons (Fsp3) is 0.842. The van der Waals surface area contributed by atoms with Crippen molar-refractivity contribution in [1.82, 2.24) is 0 Å². The van der Waals surface area contributed by atoms with Gasteiger partial charge in [-0.2, -0.15) is 0 Å². The van der Waals surface area contributed by atoms with E-state index in [-0.39, 0.29) is 5.97 Å². The molecule has 22 heavy (non-hydrogen) atoms. The molecule has 0 aromatic rings. The number of carbonyl (C=O) groups is 1. The molecule has 0 fully saturated rings.